The van der Waals surface area contributed by atoms with Crippen LogP contribution in [-0.4, -0.2) is 24.7 Å². The monoisotopic (exact) mass is 169 g/mol. The van der Waals surface area contributed by atoms with Gasteiger partial charge >= 0.3 is 0 Å². The van der Waals surface area contributed by atoms with Crippen molar-refractivity contribution in [3.63, 3.8) is 0 Å². The third-order valence-corrected chi connectivity index (χ3v) is 2.66. The van der Waals surface area contributed by atoms with Gasteiger partial charge in [-0.15, -0.1) is 0 Å². The summed E-state index contributed by atoms with van der Waals surface area (Å²) in [5, 5.41) is 2.98. The number of carbonyl (C=O) groups is 1. The second kappa shape index (κ2) is 3.05. The van der Waals surface area contributed by atoms with Gasteiger partial charge in [0.25, 0.3) is 0 Å². The molecule has 1 heterocycles. The fourth-order valence-electron chi connectivity index (χ4n) is 1.58. The van der Waals surface area contributed by atoms with E-state index in [9.17, 15) is 4.79 Å². The number of carbonyl (C=O) groups excluding carboxylic acids is 1. The van der Waals surface area contributed by atoms with Crippen LogP contribution in [-0.2, 0) is 9.53 Å². The van der Waals surface area contributed by atoms with Crippen LogP contribution in [0.2, 0.25) is 0 Å². The molecule has 2 rings (SSSR count). The lowest BCUT2D eigenvalue weighted by Crippen LogP contribution is -2.36. The molecule has 0 aromatic heterocycles. The van der Waals surface area contributed by atoms with E-state index in [2.05, 4.69) is 12.2 Å². The van der Waals surface area contributed by atoms with E-state index in [1.165, 1.54) is 0 Å². The molecule has 3 nitrogen and oxygen atoms in total. The molecule has 68 valence electrons. The number of hydrogen-bond donors (Lipinski definition) is 1. The van der Waals surface area contributed by atoms with Crippen molar-refractivity contribution in [2.75, 3.05) is 6.61 Å². The van der Waals surface area contributed by atoms with Crippen molar-refractivity contribution in [2.24, 2.45) is 5.92 Å². The first kappa shape index (κ1) is 8.05. The molecule has 12 heavy (non-hydrogen) atoms. The third kappa shape index (κ3) is 1.61. The highest BCUT2D eigenvalue weighted by Gasteiger charge is 2.36. The molecular formula is C9H15NO2. The van der Waals surface area contributed by atoms with Crippen LogP contribution < -0.4 is 5.32 Å². The van der Waals surface area contributed by atoms with E-state index in [-0.39, 0.29) is 12.0 Å². The minimum atomic E-state index is -0.155. The standard InChI is InChI=1S/C9H15NO2/c1-6-5-7(6)10-9(11)8-3-2-4-12-8/h6-8H,2-5H2,1H3,(H,10,11)/t6-,7-,8-/m1/s1. The quantitative estimate of drug-likeness (QED) is 0.660. The zero-order valence-electron chi connectivity index (χ0n) is 7.38. The number of amides is 1. The van der Waals surface area contributed by atoms with E-state index < -0.39 is 0 Å². The van der Waals surface area contributed by atoms with Crippen LogP contribution in [0.3, 0.4) is 0 Å². The summed E-state index contributed by atoms with van der Waals surface area (Å²) in [6, 6.07) is 0.432. The first-order valence-electron chi connectivity index (χ1n) is 4.69. The highest BCUT2D eigenvalue weighted by molar-refractivity contribution is 5.81. The summed E-state index contributed by atoms with van der Waals surface area (Å²) in [5.74, 6) is 0.775. The molecule has 1 aliphatic heterocycles. The van der Waals surface area contributed by atoms with Crippen molar-refractivity contribution in [2.45, 2.75) is 38.3 Å². The second-order valence-electron chi connectivity index (χ2n) is 3.83. The molecule has 1 aliphatic carbocycles. The summed E-state index contributed by atoms with van der Waals surface area (Å²) in [6.07, 6.45) is 2.90. The molecule has 3 heteroatoms. The van der Waals surface area contributed by atoms with Crippen molar-refractivity contribution < 1.29 is 9.53 Å². The molecule has 0 radical (unpaired) electrons. The van der Waals surface area contributed by atoms with Crippen molar-refractivity contribution >= 4 is 5.91 Å². The van der Waals surface area contributed by atoms with Gasteiger partial charge in [0.2, 0.25) is 5.91 Å². The number of ether oxygens (including phenoxy) is 1. The predicted molar refractivity (Wildman–Crippen MR) is 44.7 cm³/mol. The summed E-state index contributed by atoms with van der Waals surface area (Å²) >= 11 is 0. The lowest BCUT2D eigenvalue weighted by atomic mass is 10.2. The molecule has 1 amide bonds. The smallest absolute Gasteiger partial charge is 0.249 e. The van der Waals surface area contributed by atoms with Gasteiger partial charge in [-0.1, -0.05) is 6.92 Å². The Hall–Kier alpha value is -0.570. The molecule has 2 aliphatic rings. The van der Waals surface area contributed by atoms with Gasteiger partial charge in [0, 0.05) is 12.6 Å². The summed E-state index contributed by atoms with van der Waals surface area (Å²) < 4.78 is 5.27. The Kier molecular flexibility index (Phi) is 2.05. The van der Waals surface area contributed by atoms with Crippen LogP contribution in [0.4, 0.5) is 0 Å². The van der Waals surface area contributed by atoms with E-state index >= 15 is 0 Å². The van der Waals surface area contributed by atoms with Gasteiger partial charge in [0.1, 0.15) is 6.10 Å². The SMILES string of the molecule is C[C@@H]1C[C@H]1NC(=O)[C@H]1CCCO1. The van der Waals surface area contributed by atoms with E-state index in [4.69, 9.17) is 4.74 Å². The number of hydrogen-bond acceptors (Lipinski definition) is 2. The molecule has 3 atom stereocenters. The van der Waals surface area contributed by atoms with Crippen LogP contribution in [0.5, 0.6) is 0 Å². The summed E-state index contributed by atoms with van der Waals surface area (Å²) in [4.78, 5) is 11.4. The van der Waals surface area contributed by atoms with Crippen LogP contribution in [0, 0.1) is 5.92 Å². The highest BCUT2D eigenvalue weighted by atomic mass is 16.5. The molecule has 2 fully saturated rings. The normalized spacial score (nSPS) is 39.6. The van der Waals surface area contributed by atoms with Gasteiger partial charge in [-0.05, 0) is 25.2 Å². The fraction of sp³-hybridized carbons (Fsp3) is 0.889. The molecule has 1 saturated heterocycles. The molecular weight excluding hydrogens is 154 g/mol. The van der Waals surface area contributed by atoms with Crippen molar-refractivity contribution in [1.82, 2.24) is 5.32 Å². The van der Waals surface area contributed by atoms with E-state index in [0.717, 1.165) is 25.9 Å². The van der Waals surface area contributed by atoms with Crippen LogP contribution in [0.25, 0.3) is 0 Å². The molecule has 0 spiro atoms. The van der Waals surface area contributed by atoms with E-state index in [0.29, 0.717) is 12.0 Å². The average Bonchev–Trinajstić information content (AvgIpc) is 2.58. The Labute approximate surface area is 72.5 Å². The van der Waals surface area contributed by atoms with Gasteiger partial charge < -0.3 is 10.1 Å². The zero-order chi connectivity index (χ0) is 8.55. The largest absolute Gasteiger partial charge is 0.368 e. The molecule has 0 aromatic carbocycles. The highest BCUT2D eigenvalue weighted by Crippen LogP contribution is 2.29. The maximum absolute atomic E-state index is 11.4. The van der Waals surface area contributed by atoms with Crippen LogP contribution >= 0.6 is 0 Å². The number of rotatable bonds is 2. The maximum Gasteiger partial charge on any atom is 0.249 e. The minimum Gasteiger partial charge on any atom is -0.368 e. The van der Waals surface area contributed by atoms with E-state index in [1.54, 1.807) is 0 Å². The zero-order valence-corrected chi connectivity index (χ0v) is 7.38. The Balaban J connectivity index is 1.76. The summed E-state index contributed by atoms with van der Waals surface area (Å²) in [5.41, 5.74) is 0. The third-order valence-electron chi connectivity index (χ3n) is 2.66. The van der Waals surface area contributed by atoms with Crippen LogP contribution in [0.15, 0.2) is 0 Å². The van der Waals surface area contributed by atoms with Crippen molar-refractivity contribution in [3.05, 3.63) is 0 Å². The fourth-order valence-corrected chi connectivity index (χ4v) is 1.58. The Morgan fingerprint density at radius 3 is 2.83 bits per heavy atom. The second-order valence-corrected chi connectivity index (χ2v) is 3.83. The molecule has 0 aromatic rings. The number of nitrogens with one attached hydrogen (secondary N) is 1. The molecule has 0 unspecified atom stereocenters. The van der Waals surface area contributed by atoms with Crippen molar-refractivity contribution in [3.8, 4) is 0 Å². The van der Waals surface area contributed by atoms with Crippen molar-refractivity contribution in [1.29, 1.82) is 0 Å². The minimum absolute atomic E-state index is 0.0989. The predicted octanol–water partition coefficient (Wildman–Crippen LogP) is 0.690. The van der Waals surface area contributed by atoms with Gasteiger partial charge in [0.05, 0.1) is 0 Å². The molecule has 0 bridgehead atoms. The summed E-state index contributed by atoms with van der Waals surface area (Å²) in [7, 11) is 0. The van der Waals surface area contributed by atoms with Gasteiger partial charge in [-0.3, -0.25) is 4.79 Å². The topological polar surface area (TPSA) is 38.3 Å². The lowest BCUT2D eigenvalue weighted by Gasteiger charge is -2.09. The summed E-state index contributed by atoms with van der Waals surface area (Å²) in [6.45, 7) is 2.90. The Morgan fingerprint density at radius 1 is 1.58 bits per heavy atom. The van der Waals surface area contributed by atoms with Crippen LogP contribution in [0.1, 0.15) is 26.2 Å². The first-order valence-corrected chi connectivity index (χ1v) is 4.69. The van der Waals surface area contributed by atoms with Gasteiger partial charge in [0.15, 0.2) is 0 Å². The Bertz CT molecular complexity index is 187. The lowest BCUT2D eigenvalue weighted by molar-refractivity contribution is -0.130. The molecule has 1 N–H and O–H groups in total. The first-order chi connectivity index (χ1) is 5.77. The Morgan fingerprint density at radius 2 is 2.33 bits per heavy atom. The average molecular weight is 169 g/mol. The van der Waals surface area contributed by atoms with Gasteiger partial charge in [-0.25, -0.2) is 0 Å². The molecule has 1 saturated carbocycles. The van der Waals surface area contributed by atoms with Gasteiger partial charge in [-0.2, -0.15) is 0 Å². The maximum atomic E-state index is 11.4. The van der Waals surface area contributed by atoms with E-state index in [1.807, 2.05) is 0 Å².